The van der Waals surface area contributed by atoms with Crippen LogP contribution in [0.5, 0.6) is 5.88 Å². The number of halogens is 1. The lowest BCUT2D eigenvalue weighted by Gasteiger charge is -2.34. The van der Waals surface area contributed by atoms with Crippen molar-refractivity contribution < 1.29 is 4.74 Å². The minimum absolute atomic E-state index is 0.00867. The summed E-state index contributed by atoms with van der Waals surface area (Å²) in [5.74, 6) is 1.24. The van der Waals surface area contributed by atoms with Crippen LogP contribution in [-0.2, 0) is 11.3 Å². The summed E-state index contributed by atoms with van der Waals surface area (Å²) in [5, 5.41) is 0. The van der Waals surface area contributed by atoms with Gasteiger partial charge >= 0.3 is 0 Å². The third-order valence-corrected chi connectivity index (χ3v) is 4.67. The molecular formula is C18H28ClNO. The molecule has 3 heteroatoms. The quantitative estimate of drug-likeness (QED) is 0.691. The molecule has 1 aliphatic carbocycles. The van der Waals surface area contributed by atoms with Gasteiger partial charge in [0.1, 0.15) is 6.10 Å². The smallest absolute Gasteiger partial charge is 0.214 e. The number of hydrogen-bond acceptors (Lipinski definition) is 2. The average Bonchev–Trinajstić information content (AvgIpc) is 2.40. The molecule has 1 heterocycles. The Morgan fingerprint density at radius 2 is 1.86 bits per heavy atom. The van der Waals surface area contributed by atoms with Crippen molar-refractivity contribution in [2.75, 3.05) is 0 Å². The molecule has 118 valence electrons. The fourth-order valence-electron chi connectivity index (χ4n) is 2.74. The highest BCUT2D eigenvalue weighted by molar-refractivity contribution is 6.17. The first-order valence-corrected chi connectivity index (χ1v) is 8.47. The zero-order valence-electron chi connectivity index (χ0n) is 14.0. The van der Waals surface area contributed by atoms with Crippen molar-refractivity contribution in [1.29, 1.82) is 0 Å². The fraction of sp³-hybridized carbons (Fsp3) is 0.722. The third-order valence-electron chi connectivity index (χ3n) is 4.36. The van der Waals surface area contributed by atoms with E-state index in [1.807, 2.05) is 6.07 Å². The zero-order valence-corrected chi connectivity index (χ0v) is 14.8. The number of pyridine rings is 1. The van der Waals surface area contributed by atoms with E-state index in [0.717, 1.165) is 30.0 Å². The molecule has 0 aromatic carbocycles. The summed E-state index contributed by atoms with van der Waals surface area (Å²) in [5.41, 5.74) is 2.60. The Bertz CT molecular complexity index is 480. The summed E-state index contributed by atoms with van der Waals surface area (Å²) in [6.45, 7) is 11.2. The van der Waals surface area contributed by atoms with Gasteiger partial charge < -0.3 is 4.74 Å². The van der Waals surface area contributed by atoms with Crippen LogP contribution in [0.25, 0.3) is 0 Å². The molecule has 1 aromatic rings. The number of hydrogen-bond donors (Lipinski definition) is 0. The van der Waals surface area contributed by atoms with Gasteiger partial charge in [-0.2, -0.15) is 0 Å². The predicted molar refractivity (Wildman–Crippen MR) is 89.2 cm³/mol. The van der Waals surface area contributed by atoms with E-state index in [-0.39, 0.29) is 5.41 Å². The van der Waals surface area contributed by atoms with E-state index in [1.165, 1.54) is 12.8 Å². The summed E-state index contributed by atoms with van der Waals surface area (Å²) < 4.78 is 6.16. The standard InChI is InChI=1S/C18H28ClNO/c1-17(2,3)15-10-13(12-19)11-16(20-15)21-14-6-8-18(4,5)9-7-14/h10-11,14H,6-9,12H2,1-5H3. The summed E-state index contributed by atoms with van der Waals surface area (Å²) in [4.78, 5) is 4.70. The minimum atomic E-state index is 0.00867. The van der Waals surface area contributed by atoms with Crippen LogP contribution < -0.4 is 4.74 Å². The Labute approximate surface area is 134 Å². The highest BCUT2D eigenvalue weighted by atomic mass is 35.5. The molecule has 0 radical (unpaired) electrons. The number of rotatable bonds is 3. The lowest BCUT2D eigenvalue weighted by Crippen LogP contribution is -2.29. The second kappa shape index (κ2) is 6.16. The Morgan fingerprint density at radius 3 is 2.38 bits per heavy atom. The van der Waals surface area contributed by atoms with Gasteiger partial charge in [0, 0.05) is 17.4 Å². The Kier molecular flexibility index (Phi) is 4.87. The van der Waals surface area contributed by atoms with Crippen molar-refractivity contribution in [2.45, 2.75) is 77.7 Å². The maximum absolute atomic E-state index is 6.16. The molecule has 0 spiro atoms. The second-order valence-electron chi connectivity index (χ2n) is 8.06. The molecule has 0 saturated heterocycles. The van der Waals surface area contributed by atoms with Crippen molar-refractivity contribution in [3.63, 3.8) is 0 Å². The summed E-state index contributed by atoms with van der Waals surface area (Å²) in [6.07, 6.45) is 4.97. The monoisotopic (exact) mass is 309 g/mol. The van der Waals surface area contributed by atoms with Crippen LogP contribution in [0.2, 0.25) is 0 Å². The summed E-state index contributed by atoms with van der Waals surface area (Å²) >= 11 is 6.02. The first-order valence-electron chi connectivity index (χ1n) is 7.94. The maximum atomic E-state index is 6.16. The molecule has 0 aliphatic heterocycles. The van der Waals surface area contributed by atoms with Crippen LogP contribution in [0.3, 0.4) is 0 Å². The third kappa shape index (κ3) is 4.60. The molecule has 0 amide bonds. The molecule has 0 N–H and O–H groups in total. The SMILES string of the molecule is CC1(C)CCC(Oc2cc(CCl)cc(C(C)(C)C)n2)CC1. The van der Waals surface area contributed by atoms with E-state index in [0.29, 0.717) is 17.4 Å². The average molecular weight is 310 g/mol. The highest BCUT2D eigenvalue weighted by Gasteiger charge is 2.28. The van der Waals surface area contributed by atoms with Gasteiger partial charge in [-0.3, -0.25) is 0 Å². The van der Waals surface area contributed by atoms with Crippen molar-refractivity contribution >= 4 is 11.6 Å². The topological polar surface area (TPSA) is 22.1 Å². The molecule has 1 aliphatic rings. The van der Waals surface area contributed by atoms with Gasteiger partial charge in [0.2, 0.25) is 5.88 Å². The van der Waals surface area contributed by atoms with Gasteiger partial charge in [-0.15, -0.1) is 11.6 Å². The zero-order chi connectivity index (χ0) is 15.7. The first kappa shape index (κ1) is 16.6. The maximum Gasteiger partial charge on any atom is 0.214 e. The van der Waals surface area contributed by atoms with Crippen LogP contribution >= 0.6 is 11.6 Å². The van der Waals surface area contributed by atoms with E-state index in [9.17, 15) is 0 Å². The van der Waals surface area contributed by atoms with E-state index < -0.39 is 0 Å². The van der Waals surface area contributed by atoms with E-state index in [2.05, 4.69) is 40.7 Å². The summed E-state index contributed by atoms with van der Waals surface area (Å²) in [6, 6.07) is 4.08. The number of alkyl halides is 1. The largest absolute Gasteiger partial charge is 0.474 e. The normalized spacial score (nSPS) is 19.5. The molecule has 0 unspecified atom stereocenters. The molecular weight excluding hydrogens is 282 g/mol. The molecule has 0 bridgehead atoms. The lowest BCUT2D eigenvalue weighted by molar-refractivity contribution is 0.0944. The van der Waals surface area contributed by atoms with Crippen molar-refractivity contribution in [3.8, 4) is 5.88 Å². The predicted octanol–water partition coefficient (Wildman–Crippen LogP) is 5.47. The van der Waals surface area contributed by atoms with Gasteiger partial charge in [-0.1, -0.05) is 34.6 Å². The second-order valence-corrected chi connectivity index (χ2v) is 8.33. The van der Waals surface area contributed by atoms with E-state index >= 15 is 0 Å². The molecule has 1 aromatic heterocycles. The molecule has 21 heavy (non-hydrogen) atoms. The summed E-state index contributed by atoms with van der Waals surface area (Å²) in [7, 11) is 0. The van der Waals surface area contributed by atoms with Gasteiger partial charge in [-0.05, 0) is 42.7 Å². The van der Waals surface area contributed by atoms with Crippen LogP contribution in [0.1, 0.15) is 71.6 Å². The Balaban J connectivity index is 2.13. The van der Waals surface area contributed by atoms with Crippen molar-refractivity contribution in [3.05, 3.63) is 23.4 Å². The van der Waals surface area contributed by atoms with Crippen molar-refractivity contribution in [1.82, 2.24) is 4.98 Å². The molecule has 1 saturated carbocycles. The van der Waals surface area contributed by atoms with Gasteiger partial charge in [0.05, 0.1) is 5.69 Å². The minimum Gasteiger partial charge on any atom is -0.474 e. The van der Waals surface area contributed by atoms with Crippen LogP contribution in [0.4, 0.5) is 0 Å². The van der Waals surface area contributed by atoms with E-state index in [4.69, 9.17) is 21.3 Å². The van der Waals surface area contributed by atoms with Crippen molar-refractivity contribution in [2.24, 2.45) is 5.41 Å². The van der Waals surface area contributed by atoms with Gasteiger partial charge in [0.25, 0.3) is 0 Å². The van der Waals surface area contributed by atoms with Crippen LogP contribution in [-0.4, -0.2) is 11.1 Å². The molecule has 0 atom stereocenters. The lowest BCUT2D eigenvalue weighted by atomic mass is 9.76. The molecule has 2 nitrogen and oxygen atoms in total. The van der Waals surface area contributed by atoms with Gasteiger partial charge in [0.15, 0.2) is 0 Å². The van der Waals surface area contributed by atoms with Gasteiger partial charge in [-0.25, -0.2) is 4.98 Å². The van der Waals surface area contributed by atoms with Crippen LogP contribution in [0, 0.1) is 5.41 Å². The first-order chi connectivity index (χ1) is 9.69. The fourth-order valence-corrected chi connectivity index (χ4v) is 2.90. The number of nitrogens with zero attached hydrogens (tertiary/aromatic N) is 1. The number of ether oxygens (including phenoxy) is 1. The highest BCUT2D eigenvalue weighted by Crippen LogP contribution is 2.36. The van der Waals surface area contributed by atoms with E-state index in [1.54, 1.807) is 0 Å². The molecule has 2 rings (SSSR count). The van der Waals surface area contributed by atoms with Crippen LogP contribution in [0.15, 0.2) is 12.1 Å². The Hall–Kier alpha value is -0.760. The molecule has 1 fully saturated rings. The Morgan fingerprint density at radius 1 is 1.24 bits per heavy atom. The number of aromatic nitrogens is 1.